The number of aliphatic hydroxyl groups is 1. The highest BCUT2D eigenvalue weighted by atomic mass is 79.9. The molecule has 0 bridgehead atoms. The van der Waals surface area contributed by atoms with Crippen molar-refractivity contribution in [2.75, 3.05) is 0 Å². The van der Waals surface area contributed by atoms with Gasteiger partial charge in [-0.2, -0.15) is 14.0 Å². The Labute approximate surface area is 92.8 Å². The monoisotopic (exact) mass is 274 g/mol. The molecule has 0 saturated heterocycles. The minimum atomic E-state index is -3.63. The number of nitrogens with zero attached hydrogens (tertiary/aromatic N) is 2. The molecule has 0 unspecified atom stereocenters. The highest BCUT2D eigenvalue weighted by Gasteiger charge is 2.34. The number of allylic oxidation sites excluding steroid dienone is 2. The lowest BCUT2D eigenvalue weighted by atomic mass is 10.1. The minimum absolute atomic E-state index is 0.00312. The number of hydrogen-bond donors (Lipinski definition) is 1. The molecule has 0 saturated carbocycles. The van der Waals surface area contributed by atoms with Crippen molar-refractivity contribution < 1.29 is 13.9 Å². The van der Waals surface area contributed by atoms with Gasteiger partial charge in [0.25, 0.3) is 0 Å². The van der Waals surface area contributed by atoms with E-state index in [0.717, 1.165) is 0 Å². The first-order valence-corrected chi connectivity index (χ1v) is 4.58. The van der Waals surface area contributed by atoms with Crippen LogP contribution in [0, 0.1) is 11.3 Å². The summed E-state index contributed by atoms with van der Waals surface area (Å²) in [6.07, 6.45) is 1.34. The molecule has 0 aliphatic heterocycles. The lowest BCUT2D eigenvalue weighted by molar-refractivity contribution is 0.102. The molecule has 15 heavy (non-hydrogen) atoms. The van der Waals surface area contributed by atoms with Crippen LogP contribution in [0.2, 0.25) is 0 Å². The van der Waals surface area contributed by atoms with Gasteiger partial charge in [-0.15, -0.1) is 0 Å². The fourth-order valence-corrected chi connectivity index (χ4v) is 1.08. The fraction of sp³-hybridized carbons (Fsp3) is 0.111. The first-order chi connectivity index (χ1) is 6.96. The predicted octanol–water partition coefficient (Wildman–Crippen LogP) is 2.86. The van der Waals surface area contributed by atoms with Crippen molar-refractivity contribution in [1.82, 2.24) is 4.98 Å². The molecule has 1 aromatic rings. The van der Waals surface area contributed by atoms with E-state index in [2.05, 4.69) is 4.98 Å². The van der Waals surface area contributed by atoms with Gasteiger partial charge in [0.05, 0.1) is 5.69 Å². The summed E-state index contributed by atoms with van der Waals surface area (Å²) in [6.45, 7) is 0. The third kappa shape index (κ3) is 2.73. The van der Waals surface area contributed by atoms with Crippen LogP contribution in [0.15, 0.2) is 30.2 Å². The largest absolute Gasteiger partial charge is 0.505 e. The van der Waals surface area contributed by atoms with E-state index < -0.39 is 16.2 Å². The van der Waals surface area contributed by atoms with E-state index in [1.807, 2.05) is 15.9 Å². The van der Waals surface area contributed by atoms with Crippen molar-refractivity contribution >= 4 is 21.5 Å². The summed E-state index contributed by atoms with van der Waals surface area (Å²) in [5.41, 5.74) is -0.561. The number of pyridine rings is 1. The van der Waals surface area contributed by atoms with Crippen molar-refractivity contribution in [3.05, 3.63) is 35.8 Å². The lowest BCUT2D eigenvalue weighted by Gasteiger charge is -2.08. The Kier molecular flexibility index (Phi) is 3.37. The van der Waals surface area contributed by atoms with Crippen molar-refractivity contribution in [2.45, 2.75) is 4.83 Å². The zero-order valence-corrected chi connectivity index (χ0v) is 8.87. The van der Waals surface area contributed by atoms with Crippen LogP contribution >= 0.6 is 15.9 Å². The average Bonchev–Trinajstić information content (AvgIpc) is 2.19. The SMILES string of the molecule is N#C/C(=C(/O)C(F)(F)Br)c1ccccn1. The van der Waals surface area contributed by atoms with Crippen molar-refractivity contribution in [2.24, 2.45) is 0 Å². The number of aromatic nitrogens is 1. The van der Waals surface area contributed by atoms with E-state index in [4.69, 9.17) is 10.4 Å². The topological polar surface area (TPSA) is 56.9 Å². The zero-order chi connectivity index (χ0) is 11.5. The lowest BCUT2D eigenvalue weighted by Crippen LogP contribution is -2.11. The maximum Gasteiger partial charge on any atom is 0.358 e. The molecule has 3 nitrogen and oxygen atoms in total. The summed E-state index contributed by atoms with van der Waals surface area (Å²) >= 11 is 1.96. The molecule has 0 radical (unpaired) electrons. The molecule has 6 heteroatoms. The van der Waals surface area contributed by atoms with Gasteiger partial charge in [-0.1, -0.05) is 6.07 Å². The fourth-order valence-electron chi connectivity index (χ4n) is 0.884. The highest BCUT2D eigenvalue weighted by molar-refractivity contribution is 9.10. The van der Waals surface area contributed by atoms with Crippen LogP contribution in [0.1, 0.15) is 5.69 Å². The van der Waals surface area contributed by atoms with Gasteiger partial charge in [0.15, 0.2) is 5.76 Å². The zero-order valence-electron chi connectivity index (χ0n) is 7.28. The molecular weight excluding hydrogens is 270 g/mol. The Balaban J connectivity index is 3.28. The van der Waals surface area contributed by atoms with Crippen molar-refractivity contribution in [3.8, 4) is 6.07 Å². The van der Waals surface area contributed by atoms with Crippen LogP contribution in [-0.4, -0.2) is 14.9 Å². The summed E-state index contributed by atoms with van der Waals surface area (Å²) in [5.74, 6) is -1.34. The molecule has 1 heterocycles. The standard InChI is InChI=1S/C9H5BrF2N2O/c10-9(11,12)8(15)6(5-13)7-3-1-2-4-14-7/h1-4,15H/b8-6-. The Bertz CT molecular complexity index is 420. The molecule has 0 aromatic carbocycles. The van der Waals surface area contributed by atoms with E-state index in [1.165, 1.54) is 24.4 Å². The second-order valence-electron chi connectivity index (χ2n) is 2.55. The Hall–Kier alpha value is -1.48. The summed E-state index contributed by atoms with van der Waals surface area (Å²) in [5, 5.41) is 17.8. The average molecular weight is 275 g/mol. The van der Waals surface area contributed by atoms with Crippen LogP contribution in [0.25, 0.3) is 5.57 Å². The van der Waals surface area contributed by atoms with Gasteiger partial charge in [-0.05, 0) is 28.1 Å². The van der Waals surface area contributed by atoms with Crippen molar-refractivity contribution in [3.63, 3.8) is 0 Å². The number of nitriles is 1. The van der Waals surface area contributed by atoms with Crippen LogP contribution in [0.3, 0.4) is 0 Å². The van der Waals surface area contributed by atoms with Gasteiger partial charge in [0.1, 0.15) is 11.6 Å². The number of alkyl halides is 3. The Morgan fingerprint density at radius 3 is 2.60 bits per heavy atom. The number of aliphatic hydroxyl groups excluding tert-OH is 1. The predicted molar refractivity (Wildman–Crippen MR) is 53.3 cm³/mol. The summed E-state index contributed by atoms with van der Waals surface area (Å²) in [7, 11) is 0. The maximum absolute atomic E-state index is 12.7. The van der Waals surface area contributed by atoms with Crippen LogP contribution in [-0.2, 0) is 0 Å². The third-order valence-corrected chi connectivity index (χ3v) is 1.91. The Morgan fingerprint density at radius 1 is 1.53 bits per heavy atom. The van der Waals surface area contributed by atoms with Gasteiger partial charge in [-0.3, -0.25) is 4.98 Å². The third-order valence-electron chi connectivity index (χ3n) is 1.54. The molecule has 0 aliphatic rings. The van der Waals surface area contributed by atoms with Crippen LogP contribution < -0.4 is 0 Å². The van der Waals surface area contributed by atoms with Crippen LogP contribution in [0.5, 0.6) is 0 Å². The molecule has 1 N–H and O–H groups in total. The molecule has 0 amide bonds. The van der Waals surface area contributed by atoms with Crippen molar-refractivity contribution in [1.29, 1.82) is 5.26 Å². The van der Waals surface area contributed by atoms with E-state index in [-0.39, 0.29) is 5.69 Å². The molecular formula is C9H5BrF2N2O. The minimum Gasteiger partial charge on any atom is -0.505 e. The van der Waals surface area contributed by atoms with Gasteiger partial charge in [0, 0.05) is 6.20 Å². The molecule has 78 valence electrons. The summed E-state index contributed by atoms with van der Waals surface area (Å²) in [4.78, 5) is 0.0606. The van der Waals surface area contributed by atoms with E-state index in [9.17, 15) is 8.78 Å². The van der Waals surface area contributed by atoms with Crippen LogP contribution in [0.4, 0.5) is 8.78 Å². The quantitative estimate of drug-likeness (QED) is 0.513. The van der Waals surface area contributed by atoms with E-state index in [0.29, 0.717) is 0 Å². The number of hydrogen-bond acceptors (Lipinski definition) is 3. The normalized spacial score (nSPS) is 12.9. The molecule has 1 rings (SSSR count). The smallest absolute Gasteiger partial charge is 0.358 e. The second-order valence-corrected chi connectivity index (χ2v) is 3.54. The van der Waals surface area contributed by atoms with Gasteiger partial charge < -0.3 is 5.11 Å². The molecule has 0 aliphatic carbocycles. The molecule has 0 atom stereocenters. The molecule has 0 spiro atoms. The first kappa shape index (κ1) is 11.6. The molecule has 1 aromatic heterocycles. The number of halogens is 3. The molecule has 0 fully saturated rings. The Morgan fingerprint density at radius 2 is 2.20 bits per heavy atom. The first-order valence-electron chi connectivity index (χ1n) is 3.78. The number of rotatable bonds is 2. The summed E-state index contributed by atoms with van der Waals surface area (Å²) in [6, 6.07) is 5.93. The summed E-state index contributed by atoms with van der Waals surface area (Å²) < 4.78 is 25.3. The maximum atomic E-state index is 12.7. The highest BCUT2D eigenvalue weighted by Crippen LogP contribution is 2.33. The van der Waals surface area contributed by atoms with Gasteiger partial charge in [-0.25, -0.2) is 0 Å². The van der Waals surface area contributed by atoms with E-state index >= 15 is 0 Å². The van der Waals surface area contributed by atoms with Gasteiger partial charge >= 0.3 is 4.83 Å². The van der Waals surface area contributed by atoms with E-state index in [1.54, 1.807) is 6.07 Å². The van der Waals surface area contributed by atoms with Gasteiger partial charge in [0.2, 0.25) is 0 Å². The second kappa shape index (κ2) is 4.36.